The second-order valence-electron chi connectivity index (χ2n) is 4.51. The lowest BCUT2D eigenvalue weighted by atomic mass is 10.1. The van der Waals surface area contributed by atoms with Crippen molar-refractivity contribution in [3.63, 3.8) is 0 Å². The van der Waals surface area contributed by atoms with Crippen LogP contribution in [-0.2, 0) is 9.84 Å². The summed E-state index contributed by atoms with van der Waals surface area (Å²) in [7, 11) is -3.75. The Morgan fingerprint density at radius 2 is 1.75 bits per heavy atom. The maximum absolute atomic E-state index is 12.8. The van der Waals surface area contributed by atoms with Crippen LogP contribution in [0, 0.1) is 12.7 Å². The number of benzene rings is 2. The van der Waals surface area contributed by atoms with Crippen LogP contribution in [0.4, 0.5) is 4.39 Å². The lowest BCUT2D eigenvalue weighted by Crippen LogP contribution is -2.16. The summed E-state index contributed by atoms with van der Waals surface area (Å²) >= 11 is 0. The van der Waals surface area contributed by atoms with Crippen molar-refractivity contribution < 1.29 is 17.6 Å². The first-order valence-electron chi connectivity index (χ1n) is 5.97. The standard InChI is InChI=1S/C15H13FO3S/c1-11-3-2-4-12(9-11)15(17)10-20(18,19)14-7-5-13(16)6-8-14/h2-9H,10H2,1H3. The zero-order valence-electron chi connectivity index (χ0n) is 10.8. The summed E-state index contributed by atoms with van der Waals surface area (Å²) in [6, 6.07) is 11.2. The molecule has 20 heavy (non-hydrogen) atoms. The fourth-order valence-electron chi connectivity index (χ4n) is 1.80. The number of sulfone groups is 1. The number of ketones is 1. The van der Waals surface area contributed by atoms with Crippen LogP contribution in [0.3, 0.4) is 0 Å². The molecule has 0 aliphatic carbocycles. The van der Waals surface area contributed by atoms with Crippen LogP contribution in [-0.4, -0.2) is 20.0 Å². The highest BCUT2D eigenvalue weighted by Gasteiger charge is 2.20. The molecule has 5 heteroatoms. The van der Waals surface area contributed by atoms with E-state index < -0.39 is 27.2 Å². The third kappa shape index (κ3) is 3.30. The number of Topliss-reactive ketones (excluding diaryl/α,β-unsaturated/α-hetero) is 1. The molecule has 2 aromatic carbocycles. The first-order valence-corrected chi connectivity index (χ1v) is 7.62. The number of rotatable bonds is 4. The lowest BCUT2D eigenvalue weighted by Gasteiger charge is -2.05. The zero-order valence-corrected chi connectivity index (χ0v) is 11.7. The number of halogens is 1. The van der Waals surface area contributed by atoms with E-state index in [4.69, 9.17) is 0 Å². The third-order valence-corrected chi connectivity index (χ3v) is 4.47. The molecule has 0 unspecified atom stereocenters. The van der Waals surface area contributed by atoms with Crippen molar-refractivity contribution in [1.82, 2.24) is 0 Å². The van der Waals surface area contributed by atoms with Gasteiger partial charge in [0.15, 0.2) is 15.6 Å². The molecule has 0 fully saturated rings. The van der Waals surface area contributed by atoms with E-state index >= 15 is 0 Å². The second-order valence-corrected chi connectivity index (χ2v) is 6.50. The van der Waals surface area contributed by atoms with Crippen LogP contribution in [0.25, 0.3) is 0 Å². The smallest absolute Gasteiger partial charge is 0.185 e. The van der Waals surface area contributed by atoms with Crippen molar-refractivity contribution in [2.24, 2.45) is 0 Å². The molecule has 0 aromatic heterocycles. The summed E-state index contributed by atoms with van der Waals surface area (Å²) in [5.41, 5.74) is 1.24. The minimum Gasteiger partial charge on any atom is -0.293 e. The van der Waals surface area contributed by atoms with Crippen molar-refractivity contribution >= 4 is 15.6 Å². The maximum atomic E-state index is 12.8. The van der Waals surface area contributed by atoms with Gasteiger partial charge in [0.2, 0.25) is 0 Å². The zero-order chi connectivity index (χ0) is 14.8. The Hall–Kier alpha value is -2.01. The van der Waals surface area contributed by atoms with Gasteiger partial charge in [-0.25, -0.2) is 12.8 Å². The topological polar surface area (TPSA) is 51.2 Å². The van der Waals surface area contributed by atoms with Crippen LogP contribution < -0.4 is 0 Å². The van der Waals surface area contributed by atoms with E-state index in [1.54, 1.807) is 18.2 Å². The van der Waals surface area contributed by atoms with E-state index in [2.05, 4.69) is 0 Å². The molecule has 2 rings (SSSR count). The number of carbonyl (C=O) groups excluding carboxylic acids is 1. The quantitative estimate of drug-likeness (QED) is 0.643. The van der Waals surface area contributed by atoms with E-state index in [0.717, 1.165) is 29.8 Å². The van der Waals surface area contributed by atoms with Gasteiger partial charge in [-0.15, -0.1) is 0 Å². The Bertz CT molecular complexity index is 734. The highest BCUT2D eigenvalue weighted by molar-refractivity contribution is 7.92. The molecule has 0 bridgehead atoms. The Balaban J connectivity index is 2.24. The molecule has 0 saturated carbocycles. The van der Waals surface area contributed by atoms with E-state index in [9.17, 15) is 17.6 Å². The van der Waals surface area contributed by atoms with Crippen LogP contribution in [0.5, 0.6) is 0 Å². The van der Waals surface area contributed by atoms with Crippen LogP contribution >= 0.6 is 0 Å². The van der Waals surface area contributed by atoms with E-state index in [1.807, 2.05) is 13.0 Å². The Morgan fingerprint density at radius 1 is 1.10 bits per heavy atom. The van der Waals surface area contributed by atoms with Gasteiger partial charge in [-0.3, -0.25) is 4.79 Å². The summed E-state index contributed by atoms with van der Waals surface area (Å²) in [4.78, 5) is 11.9. The van der Waals surface area contributed by atoms with Gasteiger partial charge in [-0.2, -0.15) is 0 Å². The van der Waals surface area contributed by atoms with Crippen molar-refractivity contribution in [3.8, 4) is 0 Å². The molecule has 0 atom stereocenters. The molecule has 0 aliphatic rings. The van der Waals surface area contributed by atoms with E-state index in [0.29, 0.717) is 5.56 Å². The van der Waals surface area contributed by atoms with Crippen LogP contribution in [0.1, 0.15) is 15.9 Å². The summed E-state index contributed by atoms with van der Waals surface area (Å²) < 4.78 is 36.9. The van der Waals surface area contributed by atoms with Gasteiger partial charge in [-0.05, 0) is 37.3 Å². The Labute approximate surface area is 117 Å². The summed E-state index contributed by atoms with van der Waals surface area (Å²) in [5, 5.41) is 0. The third-order valence-electron chi connectivity index (χ3n) is 2.83. The van der Waals surface area contributed by atoms with Crippen molar-refractivity contribution in [3.05, 3.63) is 65.5 Å². The maximum Gasteiger partial charge on any atom is 0.185 e. The fraction of sp³-hybridized carbons (Fsp3) is 0.133. The first-order chi connectivity index (χ1) is 9.38. The van der Waals surface area contributed by atoms with Crippen LogP contribution in [0.2, 0.25) is 0 Å². The predicted octanol–water partition coefficient (Wildman–Crippen LogP) is 2.79. The minimum atomic E-state index is -3.75. The number of hydrogen-bond donors (Lipinski definition) is 0. The molecular weight excluding hydrogens is 279 g/mol. The molecule has 0 aliphatic heterocycles. The second kappa shape index (κ2) is 5.54. The molecule has 0 amide bonds. The molecule has 0 spiro atoms. The normalized spacial score (nSPS) is 11.3. The summed E-state index contributed by atoms with van der Waals surface area (Å²) in [5.74, 6) is -1.62. The van der Waals surface area contributed by atoms with E-state index in [1.165, 1.54) is 0 Å². The van der Waals surface area contributed by atoms with Crippen LogP contribution in [0.15, 0.2) is 53.4 Å². The monoisotopic (exact) mass is 292 g/mol. The molecule has 3 nitrogen and oxygen atoms in total. The molecule has 0 radical (unpaired) electrons. The Morgan fingerprint density at radius 3 is 2.35 bits per heavy atom. The molecule has 2 aromatic rings. The lowest BCUT2D eigenvalue weighted by molar-refractivity contribution is 0.102. The van der Waals surface area contributed by atoms with Crippen molar-refractivity contribution in [2.75, 3.05) is 5.75 Å². The fourth-order valence-corrected chi connectivity index (χ4v) is 3.03. The molecule has 0 heterocycles. The van der Waals surface area contributed by atoms with Gasteiger partial charge >= 0.3 is 0 Å². The minimum absolute atomic E-state index is 0.0556. The van der Waals surface area contributed by atoms with Gasteiger partial charge in [0.25, 0.3) is 0 Å². The molecule has 104 valence electrons. The number of carbonyl (C=O) groups is 1. The first kappa shape index (κ1) is 14.4. The molecule has 0 N–H and O–H groups in total. The molecule has 0 saturated heterocycles. The highest BCUT2D eigenvalue weighted by Crippen LogP contribution is 2.14. The largest absolute Gasteiger partial charge is 0.293 e. The summed E-state index contributed by atoms with van der Waals surface area (Å²) in [6.45, 7) is 1.82. The Kier molecular flexibility index (Phi) is 3.99. The average Bonchev–Trinajstić information content (AvgIpc) is 2.38. The highest BCUT2D eigenvalue weighted by atomic mass is 32.2. The summed E-state index contributed by atoms with van der Waals surface area (Å²) in [6.07, 6.45) is 0. The van der Waals surface area contributed by atoms with Gasteiger partial charge in [-0.1, -0.05) is 23.8 Å². The molecular formula is C15H13FO3S. The van der Waals surface area contributed by atoms with Crippen molar-refractivity contribution in [1.29, 1.82) is 0 Å². The van der Waals surface area contributed by atoms with Gasteiger partial charge in [0.05, 0.1) is 4.90 Å². The van der Waals surface area contributed by atoms with E-state index in [-0.39, 0.29) is 4.90 Å². The SMILES string of the molecule is Cc1cccc(C(=O)CS(=O)(=O)c2ccc(F)cc2)c1. The number of hydrogen-bond acceptors (Lipinski definition) is 3. The van der Waals surface area contributed by atoms with Gasteiger partial charge < -0.3 is 0 Å². The van der Waals surface area contributed by atoms with Gasteiger partial charge in [0.1, 0.15) is 11.6 Å². The average molecular weight is 292 g/mol. The van der Waals surface area contributed by atoms with Gasteiger partial charge in [0, 0.05) is 5.56 Å². The van der Waals surface area contributed by atoms with Crippen molar-refractivity contribution in [2.45, 2.75) is 11.8 Å². The number of aryl methyl sites for hydroxylation is 1. The predicted molar refractivity (Wildman–Crippen MR) is 74.0 cm³/mol.